The van der Waals surface area contributed by atoms with Gasteiger partial charge in [0.25, 0.3) is 5.91 Å². The van der Waals surface area contributed by atoms with Crippen molar-refractivity contribution in [2.24, 2.45) is 5.10 Å². The summed E-state index contributed by atoms with van der Waals surface area (Å²) in [6.45, 7) is 2.28. The summed E-state index contributed by atoms with van der Waals surface area (Å²) in [7, 11) is -2.17. The minimum absolute atomic E-state index is 0.348. The van der Waals surface area contributed by atoms with Gasteiger partial charge < -0.3 is 14.2 Å². The lowest BCUT2D eigenvalue weighted by molar-refractivity contribution is -0.119. The fraction of sp³-hybridized carbons (Fsp3) is 0.300. The highest BCUT2D eigenvalue weighted by atomic mass is 32.2. The second-order valence-corrected chi connectivity index (χ2v) is 8.47. The molecule has 3 rings (SSSR count). The molecule has 1 heterocycles. The number of amides is 1. The Hall–Kier alpha value is -3.27. The predicted molar refractivity (Wildman–Crippen MR) is 113 cm³/mol. The number of hydrazone groups is 1. The molecule has 0 atom stereocenters. The number of methoxy groups -OCH3 is 1. The molecule has 1 N–H and O–H groups in total. The van der Waals surface area contributed by atoms with Crippen molar-refractivity contribution in [3.63, 3.8) is 0 Å². The van der Waals surface area contributed by atoms with Crippen molar-refractivity contribution in [1.82, 2.24) is 5.43 Å². The minimum Gasteiger partial charge on any atom is -0.497 e. The fourth-order valence-electron chi connectivity index (χ4n) is 2.79. The Kier molecular flexibility index (Phi) is 6.46. The van der Waals surface area contributed by atoms with Gasteiger partial charge in [0.2, 0.25) is 10.0 Å². The third-order valence-electron chi connectivity index (χ3n) is 4.36. The Morgan fingerprint density at radius 3 is 2.43 bits per heavy atom. The molecule has 0 aromatic heterocycles. The number of ether oxygens (including phenoxy) is 3. The summed E-state index contributed by atoms with van der Waals surface area (Å²) in [4.78, 5) is 12.4. The molecule has 30 heavy (non-hydrogen) atoms. The standard InChI is InChI=1S/C20H23N3O6S/c1-14(15-4-9-18-19(12-15)29-11-10-28-18)21-22-20(24)13-23(30(3,25)26)16-5-7-17(27-2)8-6-16/h4-9,12H,10-11,13H2,1-3H3,(H,22,24)/b21-14-. The number of carbonyl (C=O) groups is 1. The summed E-state index contributed by atoms with van der Waals surface area (Å²) < 4.78 is 41.4. The molecule has 1 aliphatic rings. The smallest absolute Gasteiger partial charge is 0.260 e. The number of carbonyl (C=O) groups excluding carboxylic acids is 1. The summed E-state index contributed by atoms with van der Waals surface area (Å²) in [6, 6.07) is 11.7. The summed E-state index contributed by atoms with van der Waals surface area (Å²) >= 11 is 0. The normalized spacial score (nSPS) is 13.5. The first-order chi connectivity index (χ1) is 14.3. The van der Waals surface area contributed by atoms with Crippen LogP contribution >= 0.6 is 0 Å². The van der Waals surface area contributed by atoms with Crippen molar-refractivity contribution in [2.75, 3.05) is 37.4 Å². The van der Waals surface area contributed by atoms with E-state index in [1.54, 1.807) is 49.4 Å². The topological polar surface area (TPSA) is 107 Å². The van der Waals surface area contributed by atoms with Crippen LogP contribution in [0.3, 0.4) is 0 Å². The Morgan fingerprint density at radius 2 is 1.80 bits per heavy atom. The van der Waals surface area contributed by atoms with E-state index in [0.29, 0.717) is 41.9 Å². The Labute approximate surface area is 175 Å². The third-order valence-corrected chi connectivity index (χ3v) is 5.50. The average Bonchev–Trinajstić information content (AvgIpc) is 2.74. The maximum atomic E-state index is 12.4. The predicted octanol–water partition coefficient (Wildman–Crippen LogP) is 1.77. The van der Waals surface area contributed by atoms with E-state index in [1.165, 1.54) is 7.11 Å². The number of hydrogen-bond donors (Lipinski definition) is 1. The first kappa shape index (κ1) is 21.4. The quantitative estimate of drug-likeness (QED) is 0.527. The number of fused-ring (bicyclic) bond motifs is 1. The lowest BCUT2D eigenvalue weighted by Gasteiger charge is -2.21. The monoisotopic (exact) mass is 433 g/mol. The largest absolute Gasteiger partial charge is 0.497 e. The van der Waals surface area contributed by atoms with E-state index in [1.807, 2.05) is 0 Å². The molecule has 160 valence electrons. The van der Waals surface area contributed by atoms with Crippen molar-refractivity contribution in [3.05, 3.63) is 48.0 Å². The second kappa shape index (κ2) is 9.04. The van der Waals surface area contributed by atoms with Crippen molar-refractivity contribution in [2.45, 2.75) is 6.92 Å². The first-order valence-electron chi connectivity index (χ1n) is 9.13. The molecule has 1 aliphatic heterocycles. The lowest BCUT2D eigenvalue weighted by atomic mass is 10.1. The molecule has 0 bridgehead atoms. The van der Waals surface area contributed by atoms with Crippen LogP contribution in [0, 0.1) is 0 Å². The first-order valence-corrected chi connectivity index (χ1v) is 11.0. The second-order valence-electron chi connectivity index (χ2n) is 6.56. The zero-order valence-electron chi connectivity index (χ0n) is 16.9. The van der Waals surface area contributed by atoms with Crippen LogP contribution in [0.1, 0.15) is 12.5 Å². The molecule has 0 spiro atoms. The number of nitrogens with zero attached hydrogens (tertiary/aromatic N) is 2. The summed E-state index contributed by atoms with van der Waals surface area (Å²) in [5.74, 6) is 1.27. The van der Waals surface area contributed by atoms with Crippen LogP contribution in [-0.4, -0.2) is 53.2 Å². The molecule has 0 unspecified atom stereocenters. The molecule has 1 amide bonds. The summed E-state index contributed by atoms with van der Waals surface area (Å²) in [5, 5.41) is 4.08. The van der Waals surface area contributed by atoms with Crippen LogP contribution in [0.2, 0.25) is 0 Å². The molecule has 0 radical (unpaired) electrons. The van der Waals surface area contributed by atoms with Gasteiger partial charge in [-0.2, -0.15) is 5.10 Å². The number of sulfonamides is 1. The number of anilines is 1. The summed E-state index contributed by atoms with van der Waals surface area (Å²) in [5.41, 5.74) is 4.03. The Bertz CT molecular complexity index is 1050. The van der Waals surface area contributed by atoms with E-state index in [0.717, 1.165) is 16.1 Å². The molecule has 0 fully saturated rings. The highest BCUT2D eigenvalue weighted by Crippen LogP contribution is 2.30. The molecule has 0 aliphatic carbocycles. The third kappa shape index (κ3) is 5.20. The average molecular weight is 433 g/mol. The van der Waals surface area contributed by atoms with Gasteiger partial charge in [0.05, 0.1) is 24.8 Å². The number of hydrogen-bond acceptors (Lipinski definition) is 7. The van der Waals surface area contributed by atoms with Crippen LogP contribution in [-0.2, 0) is 14.8 Å². The van der Waals surface area contributed by atoms with Crippen LogP contribution in [0.5, 0.6) is 17.2 Å². The van der Waals surface area contributed by atoms with Gasteiger partial charge >= 0.3 is 0 Å². The van der Waals surface area contributed by atoms with Crippen molar-refractivity contribution >= 4 is 27.3 Å². The maximum absolute atomic E-state index is 12.4. The molecule has 2 aromatic rings. The fourth-order valence-corrected chi connectivity index (χ4v) is 3.65. The van der Waals surface area contributed by atoms with E-state index >= 15 is 0 Å². The zero-order valence-corrected chi connectivity index (χ0v) is 17.7. The molecular formula is C20H23N3O6S. The van der Waals surface area contributed by atoms with Crippen molar-refractivity contribution < 1.29 is 27.4 Å². The molecule has 9 nitrogen and oxygen atoms in total. The van der Waals surface area contributed by atoms with Gasteiger partial charge in [-0.05, 0) is 49.4 Å². The van der Waals surface area contributed by atoms with Gasteiger partial charge in [-0.25, -0.2) is 13.8 Å². The molecule has 2 aromatic carbocycles. The van der Waals surface area contributed by atoms with E-state index in [2.05, 4.69) is 10.5 Å². The van der Waals surface area contributed by atoms with Gasteiger partial charge in [0.1, 0.15) is 25.5 Å². The van der Waals surface area contributed by atoms with Crippen molar-refractivity contribution in [3.8, 4) is 17.2 Å². The molecule has 0 saturated heterocycles. The van der Waals surface area contributed by atoms with E-state index < -0.39 is 22.5 Å². The van der Waals surface area contributed by atoms with Crippen LogP contribution in [0.15, 0.2) is 47.6 Å². The lowest BCUT2D eigenvalue weighted by Crippen LogP contribution is -2.39. The highest BCUT2D eigenvalue weighted by Gasteiger charge is 2.21. The van der Waals surface area contributed by atoms with Gasteiger partial charge in [0.15, 0.2) is 11.5 Å². The number of benzene rings is 2. The maximum Gasteiger partial charge on any atom is 0.260 e. The summed E-state index contributed by atoms with van der Waals surface area (Å²) in [6.07, 6.45) is 1.04. The van der Waals surface area contributed by atoms with Crippen LogP contribution < -0.4 is 23.9 Å². The van der Waals surface area contributed by atoms with Gasteiger partial charge in [0, 0.05) is 5.56 Å². The van der Waals surface area contributed by atoms with E-state index in [9.17, 15) is 13.2 Å². The molecular weight excluding hydrogens is 410 g/mol. The molecule has 10 heteroatoms. The van der Waals surface area contributed by atoms with Crippen molar-refractivity contribution in [1.29, 1.82) is 0 Å². The van der Waals surface area contributed by atoms with E-state index in [-0.39, 0.29) is 0 Å². The Morgan fingerprint density at radius 1 is 1.13 bits per heavy atom. The SMILES string of the molecule is COc1ccc(N(CC(=O)N/N=C(/C)c2ccc3c(c2)OCCO3)S(C)(=O)=O)cc1. The van der Waals surface area contributed by atoms with Gasteiger partial charge in [-0.15, -0.1) is 0 Å². The van der Waals surface area contributed by atoms with E-state index in [4.69, 9.17) is 14.2 Å². The Balaban J connectivity index is 1.70. The zero-order chi connectivity index (χ0) is 21.7. The highest BCUT2D eigenvalue weighted by molar-refractivity contribution is 7.92. The van der Waals surface area contributed by atoms with Gasteiger partial charge in [-0.3, -0.25) is 9.10 Å². The number of rotatable bonds is 7. The number of nitrogens with one attached hydrogen (secondary N) is 1. The van der Waals surface area contributed by atoms with Crippen LogP contribution in [0.4, 0.5) is 5.69 Å². The minimum atomic E-state index is -3.68. The molecule has 0 saturated carbocycles. The van der Waals surface area contributed by atoms with Gasteiger partial charge in [-0.1, -0.05) is 0 Å². The van der Waals surface area contributed by atoms with Crippen LogP contribution in [0.25, 0.3) is 0 Å².